The fourth-order valence-corrected chi connectivity index (χ4v) is 0.118. The molecule has 0 aromatic rings. The van der Waals surface area contributed by atoms with Crippen LogP contribution >= 0.6 is 0 Å². The normalized spacial score (nSPS) is 7.11. The van der Waals surface area contributed by atoms with Gasteiger partial charge in [-0.1, -0.05) is 27.7 Å². The summed E-state index contributed by atoms with van der Waals surface area (Å²) in [4.78, 5) is 18.6. The molecule has 0 aromatic carbocycles. The van der Waals surface area contributed by atoms with E-state index in [0.29, 0.717) is 12.1 Å². The molecule has 6 N–H and O–H groups in total. The van der Waals surface area contributed by atoms with E-state index in [1.165, 1.54) is 0 Å². The van der Waals surface area contributed by atoms with E-state index in [0.717, 1.165) is 0 Å². The predicted octanol–water partition coefficient (Wildman–Crippen LogP) is -2.77. The van der Waals surface area contributed by atoms with E-state index in [2.05, 4.69) is 0 Å². The minimum atomic E-state index is -1.63. The Hall–Kier alpha value is -0.532. The number of aliphatic carboxylic acids is 2. The fourth-order valence-electron chi connectivity index (χ4n) is 0.118. The van der Waals surface area contributed by atoms with Gasteiger partial charge in [0.05, 0.1) is 0 Å². The van der Waals surface area contributed by atoms with Crippen molar-refractivity contribution in [1.82, 2.24) is 0 Å². The molecule has 18 heavy (non-hydrogen) atoms. The Kier molecular flexibility index (Phi) is 50.7. The van der Waals surface area contributed by atoms with Crippen LogP contribution in [0.2, 0.25) is 0 Å². The second-order valence-corrected chi connectivity index (χ2v) is 3.41. The quantitative estimate of drug-likeness (QED) is 0.423. The molecule has 0 atom stereocenters. The Balaban J connectivity index is -0.0000000292. The maximum atomic E-state index is 9.28. The summed E-state index contributed by atoms with van der Waals surface area (Å²) in [6, 6.07) is 0.667. The summed E-state index contributed by atoms with van der Waals surface area (Å²) in [5.41, 5.74) is 10.2. The van der Waals surface area contributed by atoms with Crippen LogP contribution in [0.3, 0.4) is 0 Å². The van der Waals surface area contributed by atoms with Crippen molar-refractivity contribution >= 4 is 11.9 Å². The van der Waals surface area contributed by atoms with Gasteiger partial charge in [0, 0.05) is 18.4 Å². The largest absolute Gasteiger partial charge is 4.00 e. The molecule has 8 nitrogen and oxygen atoms in total. The van der Waals surface area contributed by atoms with Gasteiger partial charge < -0.3 is 42.2 Å². The van der Waals surface area contributed by atoms with Gasteiger partial charge in [0.15, 0.2) is 0 Å². The third-order valence-electron chi connectivity index (χ3n) is 0.289. The topological polar surface area (TPSA) is 192 Å². The number of carbonyl (C=O) groups is 2. The minimum Gasteiger partial charge on any atom is -0.870 e. The summed E-state index contributed by atoms with van der Waals surface area (Å²) in [5, 5.41) is 18.6. The first-order valence-electron chi connectivity index (χ1n) is 4.50. The maximum Gasteiger partial charge on any atom is 4.00 e. The van der Waals surface area contributed by atoms with E-state index < -0.39 is 18.4 Å². The van der Waals surface area contributed by atoms with E-state index in [9.17, 15) is 19.8 Å². The molecule has 0 unspecified atom stereocenters. The monoisotopic (exact) mass is 449 g/mol. The van der Waals surface area contributed by atoms with Gasteiger partial charge in [-0.25, -0.2) is 0 Å². The number of hydrogen-bond donors (Lipinski definition) is 2. The minimum absolute atomic E-state index is 0. The molecule has 0 amide bonds. The Morgan fingerprint density at radius 3 is 1.00 bits per heavy atom. The first-order chi connectivity index (χ1) is 6.59. The van der Waals surface area contributed by atoms with Crippen LogP contribution in [0, 0.1) is 0 Å². The van der Waals surface area contributed by atoms with E-state index in [1.54, 1.807) is 0 Å². The summed E-state index contributed by atoms with van der Waals surface area (Å²) >= 11 is 0. The first-order valence-corrected chi connectivity index (χ1v) is 4.50. The molecule has 0 spiro atoms. The van der Waals surface area contributed by atoms with Crippen LogP contribution in [0.15, 0.2) is 0 Å². The Morgan fingerprint density at radius 1 is 0.889 bits per heavy atom. The van der Waals surface area contributed by atoms with Crippen LogP contribution in [0.1, 0.15) is 34.1 Å². The van der Waals surface area contributed by atoms with Crippen LogP contribution in [0.5, 0.6) is 0 Å². The molecular weight excluding hydrogens is 427 g/mol. The third kappa shape index (κ3) is 269. The summed E-state index contributed by atoms with van der Waals surface area (Å²) < 4.78 is 0. The van der Waals surface area contributed by atoms with E-state index in [-0.39, 0.29) is 32.0 Å². The molecule has 0 aliphatic carbocycles. The molecule has 0 fully saturated rings. The Labute approximate surface area is 122 Å². The number of carbonyl (C=O) groups excluding carboxylic acids is 2. The summed E-state index contributed by atoms with van der Waals surface area (Å²) in [6.45, 7) is 7.78. The first kappa shape index (κ1) is 36.0. The van der Waals surface area contributed by atoms with Crippen molar-refractivity contribution in [3.63, 3.8) is 0 Å². The van der Waals surface area contributed by atoms with E-state index in [1.807, 2.05) is 27.7 Å². The van der Waals surface area contributed by atoms with Crippen molar-refractivity contribution in [2.75, 3.05) is 0 Å². The van der Waals surface area contributed by atoms with E-state index >= 15 is 0 Å². The standard InChI is InChI=1S/2C3H9N.C3H4O4.2H2O.Pt/c2*1-3(2)4;4-2(5)1-3(6)7;;;/h2*3H,4H2,1-2H3;1H2,(H,4,5)(H,6,7);2*1H2;/q;;;;;+4/p-4. The van der Waals surface area contributed by atoms with Gasteiger partial charge in [-0.2, -0.15) is 0 Å². The van der Waals surface area contributed by atoms with Gasteiger partial charge >= 0.3 is 21.1 Å². The van der Waals surface area contributed by atoms with E-state index in [4.69, 9.17) is 11.5 Å². The average Bonchev–Trinajstić information content (AvgIpc) is 1.78. The molecule has 0 bridgehead atoms. The van der Waals surface area contributed by atoms with Gasteiger partial charge in [0.25, 0.3) is 0 Å². The molecule has 0 saturated carbocycles. The summed E-state index contributed by atoms with van der Waals surface area (Å²) in [5.74, 6) is -3.25. The molecule has 9 heteroatoms. The molecule has 0 saturated heterocycles. The molecular formula is C9H22N2O6Pt. The Morgan fingerprint density at radius 2 is 1.00 bits per heavy atom. The molecule has 0 heterocycles. The average molecular weight is 449 g/mol. The van der Waals surface area contributed by atoms with Crippen molar-refractivity contribution in [1.29, 1.82) is 0 Å². The van der Waals surface area contributed by atoms with Crippen molar-refractivity contribution in [3.8, 4) is 0 Å². The van der Waals surface area contributed by atoms with Crippen LogP contribution < -0.4 is 21.7 Å². The molecule has 114 valence electrons. The van der Waals surface area contributed by atoms with Crippen molar-refractivity contribution in [2.24, 2.45) is 11.5 Å². The van der Waals surface area contributed by atoms with Crippen LogP contribution in [0.4, 0.5) is 0 Å². The third-order valence-corrected chi connectivity index (χ3v) is 0.289. The molecule has 0 aromatic heterocycles. The summed E-state index contributed by atoms with van der Waals surface area (Å²) in [7, 11) is 0. The van der Waals surface area contributed by atoms with Crippen LogP contribution in [-0.4, -0.2) is 35.0 Å². The molecule has 0 rings (SSSR count). The maximum absolute atomic E-state index is 9.28. The second kappa shape index (κ2) is 25.3. The SMILES string of the molecule is CC(C)N.CC(C)N.O=C([O-])CC(=O)[O-].[OH-].[OH-].[Pt+4]. The number of nitrogens with two attached hydrogens (primary N) is 2. The fraction of sp³-hybridized carbons (Fsp3) is 0.778. The number of carboxylic acids is 2. The zero-order valence-electron chi connectivity index (χ0n) is 10.9. The van der Waals surface area contributed by atoms with Crippen molar-refractivity contribution in [2.45, 2.75) is 46.2 Å². The zero-order valence-corrected chi connectivity index (χ0v) is 13.1. The van der Waals surface area contributed by atoms with Crippen LogP contribution in [-0.2, 0) is 30.7 Å². The molecule has 0 aliphatic rings. The van der Waals surface area contributed by atoms with Gasteiger partial charge in [-0.15, -0.1) is 0 Å². The Bertz CT molecular complexity index is 155. The molecule has 0 aliphatic heterocycles. The smallest absolute Gasteiger partial charge is 0.870 e. The van der Waals surface area contributed by atoms with Crippen molar-refractivity contribution < 1.29 is 51.8 Å². The number of carboxylic acid groups (broad SMARTS) is 2. The second-order valence-electron chi connectivity index (χ2n) is 3.41. The van der Waals surface area contributed by atoms with Crippen LogP contribution in [0.25, 0.3) is 0 Å². The molecule has 0 radical (unpaired) electrons. The van der Waals surface area contributed by atoms with Gasteiger partial charge in [-0.05, 0) is 12.1 Å². The van der Waals surface area contributed by atoms with Gasteiger partial charge in [-0.3, -0.25) is 0 Å². The van der Waals surface area contributed by atoms with Gasteiger partial charge in [0.1, 0.15) is 0 Å². The summed E-state index contributed by atoms with van der Waals surface area (Å²) in [6.07, 6.45) is -1.03. The van der Waals surface area contributed by atoms with Gasteiger partial charge in [0.2, 0.25) is 0 Å². The van der Waals surface area contributed by atoms with Crippen molar-refractivity contribution in [3.05, 3.63) is 0 Å². The number of rotatable bonds is 2. The zero-order chi connectivity index (χ0) is 13.0. The number of hydrogen-bond acceptors (Lipinski definition) is 8. The predicted molar refractivity (Wildman–Crippen MR) is 57.1 cm³/mol.